The van der Waals surface area contributed by atoms with Crippen molar-refractivity contribution < 1.29 is 18.7 Å². The number of aromatic nitrogens is 1. The molecule has 0 radical (unpaired) electrons. The van der Waals surface area contributed by atoms with Crippen LogP contribution in [0.2, 0.25) is 0 Å². The fourth-order valence-corrected chi connectivity index (χ4v) is 3.41. The number of fused-ring (bicyclic) bond motifs is 2. The van der Waals surface area contributed by atoms with E-state index in [2.05, 4.69) is 4.98 Å². The van der Waals surface area contributed by atoms with Crippen molar-refractivity contribution in [2.45, 2.75) is 32.6 Å². The summed E-state index contributed by atoms with van der Waals surface area (Å²) in [6, 6.07) is 1.94. The fourth-order valence-electron chi connectivity index (χ4n) is 3.41. The number of pyridine rings is 1. The Balaban J connectivity index is 2.48. The highest BCUT2D eigenvalue weighted by Crippen LogP contribution is 2.39. The minimum atomic E-state index is -1.23. The lowest BCUT2D eigenvalue weighted by Gasteiger charge is -2.28. The van der Waals surface area contributed by atoms with Crippen LogP contribution in [0.15, 0.2) is 12.1 Å². The van der Waals surface area contributed by atoms with Crippen LogP contribution in [-0.2, 0) is 6.42 Å². The third-order valence-corrected chi connectivity index (χ3v) is 4.16. The van der Waals surface area contributed by atoms with Crippen LogP contribution >= 0.6 is 0 Å². The molecule has 0 fully saturated rings. The Bertz CT molecular complexity index is 758. The predicted molar refractivity (Wildman–Crippen MR) is 74.5 cm³/mol. The molecular weight excluding hydrogens is 276 g/mol. The molecule has 1 aromatic heterocycles. The molecule has 110 valence electrons. The molecule has 0 amide bonds. The van der Waals surface area contributed by atoms with Gasteiger partial charge in [0.2, 0.25) is 0 Å². The first kappa shape index (κ1) is 13.9. The highest BCUT2D eigenvalue weighted by Gasteiger charge is 2.31. The standard InChI is InChI=1S/C16H15F2NO2/c1-7-5-8(2)12-11(6-7)19-15-10(18)4-3-9(17)13(15)14(12)16(20)21/h3-4,7-8H,5-6H2,1-2H3,(H,20,21). The Morgan fingerprint density at radius 3 is 2.62 bits per heavy atom. The van der Waals surface area contributed by atoms with Gasteiger partial charge in [0.15, 0.2) is 0 Å². The number of benzene rings is 1. The summed E-state index contributed by atoms with van der Waals surface area (Å²) >= 11 is 0. The van der Waals surface area contributed by atoms with Crippen molar-refractivity contribution in [2.75, 3.05) is 0 Å². The maximum Gasteiger partial charge on any atom is 0.336 e. The molecule has 1 N–H and O–H groups in total. The maximum atomic E-state index is 14.1. The fraction of sp³-hybridized carbons (Fsp3) is 0.375. The maximum absolute atomic E-state index is 14.1. The summed E-state index contributed by atoms with van der Waals surface area (Å²) in [4.78, 5) is 15.9. The molecule has 5 heteroatoms. The van der Waals surface area contributed by atoms with Gasteiger partial charge in [-0.05, 0) is 42.4 Å². The van der Waals surface area contributed by atoms with Crippen molar-refractivity contribution in [3.63, 3.8) is 0 Å². The van der Waals surface area contributed by atoms with Gasteiger partial charge in [0.05, 0.1) is 10.9 Å². The predicted octanol–water partition coefficient (Wildman–Crippen LogP) is 3.90. The second-order valence-electron chi connectivity index (χ2n) is 5.85. The van der Waals surface area contributed by atoms with E-state index in [1.807, 2.05) is 13.8 Å². The normalized spacial score (nSPS) is 21.3. The SMILES string of the molecule is CC1Cc2nc3c(F)ccc(F)c3c(C(=O)O)c2C(C)C1. The van der Waals surface area contributed by atoms with Gasteiger partial charge in [-0.15, -0.1) is 0 Å². The molecule has 1 heterocycles. The van der Waals surface area contributed by atoms with E-state index in [1.165, 1.54) is 0 Å². The van der Waals surface area contributed by atoms with Crippen molar-refractivity contribution in [3.05, 3.63) is 40.6 Å². The highest BCUT2D eigenvalue weighted by atomic mass is 19.1. The molecule has 1 aromatic carbocycles. The summed E-state index contributed by atoms with van der Waals surface area (Å²) in [6.07, 6.45) is 1.41. The first-order valence-electron chi connectivity index (χ1n) is 6.94. The van der Waals surface area contributed by atoms with Crippen LogP contribution in [0, 0.1) is 17.6 Å². The average molecular weight is 291 g/mol. The van der Waals surface area contributed by atoms with Crippen LogP contribution in [-0.4, -0.2) is 16.1 Å². The van der Waals surface area contributed by atoms with Gasteiger partial charge < -0.3 is 5.11 Å². The van der Waals surface area contributed by atoms with Crippen molar-refractivity contribution in [1.29, 1.82) is 0 Å². The topological polar surface area (TPSA) is 50.2 Å². The van der Waals surface area contributed by atoms with Gasteiger partial charge in [-0.3, -0.25) is 0 Å². The molecule has 2 unspecified atom stereocenters. The van der Waals surface area contributed by atoms with E-state index in [9.17, 15) is 18.7 Å². The second kappa shape index (κ2) is 4.76. The number of carbonyl (C=O) groups is 1. The Morgan fingerprint density at radius 2 is 1.95 bits per heavy atom. The van der Waals surface area contributed by atoms with E-state index >= 15 is 0 Å². The van der Waals surface area contributed by atoms with Crippen LogP contribution < -0.4 is 0 Å². The molecule has 0 aliphatic heterocycles. The van der Waals surface area contributed by atoms with Crippen molar-refractivity contribution in [1.82, 2.24) is 4.98 Å². The number of carboxylic acids is 1. The quantitative estimate of drug-likeness (QED) is 0.867. The van der Waals surface area contributed by atoms with E-state index in [1.54, 1.807) is 0 Å². The molecule has 3 rings (SSSR count). The second-order valence-corrected chi connectivity index (χ2v) is 5.85. The van der Waals surface area contributed by atoms with E-state index < -0.39 is 17.6 Å². The summed E-state index contributed by atoms with van der Waals surface area (Å²) < 4.78 is 28.0. The molecule has 0 spiro atoms. The third-order valence-electron chi connectivity index (χ3n) is 4.16. The number of carboxylic acid groups (broad SMARTS) is 1. The lowest BCUT2D eigenvalue weighted by atomic mass is 9.78. The minimum Gasteiger partial charge on any atom is -0.478 e. The van der Waals surface area contributed by atoms with Crippen LogP contribution in [0.3, 0.4) is 0 Å². The Hall–Kier alpha value is -2.04. The first-order chi connectivity index (χ1) is 9.90. The zero-order valence-electron chi connectivity index (χ0n) is 11.8. The third kappa shape index (κ3) is 2.07. The summed E-state index contributed by atoms with van der Waals surface area (Å²) in [5, 5.41) is 9.30. The molecule has 3 nitrogen and oxygen atoms in total. The van der Waals surface area contributed by atoms with Crippen LogP contribution in [0.5, 0.6) is 0 Å². The zero-order valence-corrected chi connectivity index (χ0v) is 11.8. The Morgan fingerprint density at radius 1 is 1.29 bits per heavy atom. The minimum absolute atomic E-state index is 0.0329. The lowest BCUT2D eigenvalue weighted by Crippen LogP contribution is -2.21. The van der Waals surface area contributed by atoms with E-state index in [0.29, 0.717) is 23.6 Å². The number of aromatic carboxylic acids is 1. The Labute approximate surface area is 120 Å². The molecule has 0 bridgehead atoms. The zero-order chi connectivity index (χ0) is 15.3. The van der Waals surface area contributed by atoms with Gasteiger partial charge in [-0.25, -0.2) is 18.6 Å². The smallest absolute Gasteiger partial charge is 0.336 e. The first-order valence-corrected chi connectivity index (χ1v) is 6.94. The number of hydrogen-bond donors (Lipinski definition) is 1. The van der Waals surface area contributed by atoms with Gasteiger partial charge in [0.25, 0.3) is 0 Å². The molecular formula is C16H15F2NO2. The Kier molecular flexibility index (Phi) is 3.15. The molecule has 1 aliphatic rings. The number of halogens is 2. The van der Waals surface area contributed by atoms with Crippen molar-refractivity contribution in [3.8, 4) is 0 Å². The summed E-state index contributed by atoms with van der Waals surface area (Å²) in [7, 11) is 0. The molecule has 2 aromatic rings. The van der Waals surface area contributed by atoms with Crippen molar-refractivity contribution >= 4 is 16.9 Å². The van der Waals surface area contributed by atoms with Crippen molar-refractivity contribution in [2.24, 2.45) is 5.92 Å². The molecule has 0 saturated carbocycles. The van der Waals surface area contributed by atoms with Gasteiger partial charge >= 0.3 is 5.97 Å². The monoisotopic (exact) mass is 291 g/mol. The van der Waals surface area contributed by atoms with Crippen LogP contribution in [0.25, 0.3) is 10.9 Å². The van der Waals surface area contributed by atoms with Crippen LogP contribution in [0.1, 0.15) is 47.8 Å². The largest absolute Gasteiger partial charge is 0.478 e. The van der Waals surface area contributed by atoms with Crippen LogP contribution in [0.4, 0.5) is 8.78 Å². The highest BCUT2D eigenvalue weighted by molar-refractivity contribution is 6.04. The van der Waals surface area contributed by atoms with Gasteiger partial charge in [-0.1, -0.05) is 13.8 Å². The number of rotatable bonds is 1. The summed E-state index contributed by atoms with van der Waals surface area (Å²) in [5.41, 5.74) is 0.812. The molecule has 1 aliphatic carbocycles. The van der Waals surface area contributed by atoms with Gasteiger partial charge in [0.1, 0.15) is 17.2 Å². The molecule has 0 saturated heterocycles. The van der Waals surface area contributed by atoms with E-state index in [4.69, 9.17) is 0 Å². The van der Waals surface area contributed by atoms with E-state index in [-0.39, 0.29) is 22.4 Å². The number of hydrogen-bond acceptors (Lipinski definition) is 2. The molecule has 21 heavy (non-hydrogen) atoms. The van der Waals surface area contributed by atoms with Gasteiger partial charge in [0, 0.05) is 5.69 Å². The lowest BCUT2D eigenvalue weighted by molar-refractivity contribution is 0.0696. The average Bonchev–Trinajstić information content (AvgIpc) is 2.40. The molecule has 2 atom stereocenters. The van der Waals surface area contributed by atoms with E-state index in [0.717, 1.165) is 18.6 Å². The summed E-state index contributed by atoms with van der Waals surface area (Å²) in [6.45, 7) is 3.96. The number of nitrogens with zero attached hydrogens (tertiary/aromatic N) is 1. The van der Waals surface area contributed by atoms with Gasteiger partial charge in [-0.2, -0.15) is 0 Å². The summed E-state index contributed by atoms with van der Waals surface area (Å²) in [5.74, 6) is -2.36.